The van der Waals surface area contributed by atoms with Gasteiger partial charge in [-0.05, 0) is 66.9 Å². The average molecular weight is 440 g/mol. The van der Waals surface area contributed by atoms with Crippen LogP contribution in [-0.4, -0.2) is 10.5 Å². The summed E-state index contributed by atoms with van der Waals surface area (Å²) in [5, 5.41) is 14.2. The van der Waals surface area contributed by atoms with E-state index in [9.17, 15) is 10.1 Å². The minimum atomic E-state index is -0.426. The molecule has 0 unspecified atom stereocenters. The van der Waals surface area contributed by atoms with Crippen LogP contribution in [-0.2, 0) is 11.3 Å². The largest absolute Gasteiger partial charge is 0.342 e. The molecule has 32 heavy (non-hydrogen) atoms. The second-order valence-electron chi connectivity index (χ2n) is 7.78. The van der Waals surface area contributed by atoms with Crippen molar-refractivity contribution in [3.63, 3.8) is 0 Å². The summed E-state index contributed by atoms with van der Waals surface area (Å²) in [5.74, 6) is -0.426. The Bertz CT molecular complexity index is 1370. The number of nitriles is 1. The number of aromatic nitrogens is 1. The third kappa shape index (κ3) is 4.59. The zero-order valence-corrected chi connectivity index (χ0v) is 18.6. The summed E-state index contributed by atoms with van der Waals surface area (Å²) in [7, 11) is 0. The van der Waals surface area contributed by atoms with Gasteiger partial charge in [0, 0.05) is 39.9 Å². The lowest BCUT2D eigenvalue weighted by Gasteiger charge is -2.07. The topological polar surface area (TPSA) is 57.8 Å². The molecule has 0 aliphatic heterocycles. The number of aryl methyl sites for hydroxylation is 2. The number of rotatable bonds is 5. The molecule has 0 fully saturated rings. The molecule has 4 rings (SSSR count). The molecule has 4 nitrogen and oxygen atoms in total. The highest BCUT2D eigenvalue weighted by molar-refractivity contribution is 6.30. The van der Waals surface area contributed by atoms with Crippen LogP contribution < -0.4 is 5.32 Å². The Kier molecular flexibility index (Phi) is 6.11. The molecule has 0 bridgehead atoms. The molecule has 1 aromatic heterocycles. The molecule has 0 saturated heterocycles. The first-order chi connectivity index (χ1) is 15.4. The van der Waals surface area contributed by atoms with Crippen LogP contribution >= 0.6 is 11.6 Å². The van der Waals surface area contributed by atoms with Crippen LogP contribution in [0.1, 0.15) is 22.3 Å². The van der Waals surface area contributed by atoms with E-state index in [1.807, 2.05) is 86.8 Å². The SMILES string of the molecule is Cc1ccc(NC(=O)/C(C#N)=C/c2cn(Cc3ccc(Cl)cc3)c3ccccc23)cc1C. The number of carbonyl (C=O) groups is 1. The number of hydrogen-bond donors (Lipinski definition) is 1. The monoisotopic (exact) mass is 439 g/mol. The molecule has 0 spiro atoms. The lowest BCUT2D eigenvalue weighted by atomic mass is 10.1. The highest BCUT2D eigenvalue weighted by atomic mass is 35.5. The van der Waals surface area contributed by atoms with Gasteiger partial charge >= 0.3 is 0 Å². The van der Waals surface area contributed by atoms with Gasteiger partial charge in [-0.1, -0.05) is 48.0 Å². The van der Waals surface area contributed by atoms with E-state index in [2.05, 4.69) is 16.0 Å². The molecule has 158 valence electrons. The number of anilines is 1. The number of halogens is 1. The van der Waals surface area contributed by atoms with Gasteiger partial charge in [0.1, 0.15) is 11.6 Å². The van der Waals surface area contributed by atoms with E-state index in [-0.39, 0.29) is 5.57 Å². The molecule has 1 N–H and O–H groups in total. The van der Waals surface area contributed by atoms with Gasteiger partial charge < -0.3 is 9.88 Å². The number of fused-ring (bicyclic) bond motifs is 1. The van der Waals surface area contributed by atoms with Gasteiger partial charge in [-0.25, -0.2) is 0 Å². The Morgan fingerprint density at radius 3 is 2.53 bits per heavy atom. The third-order valence-electron chi connectivity index (χ3n) is 5.52. The van der Waals surface area contributed by atoms with Gasteiger partial charge in [0.05, 0.1) is 0 Å². The Hall–Kier alpha value is -3.81. The Morgan fingerprint density at radius 1 is 1.06 bits per heavy atom. The van der Waals surface area contributed by atoms with Crippen LogP contribution in [0.2, 0.25) is 5.02 Å². The molecular weight excluding hydrogens is 418 g/mol. The standard InChI is InChI=1S/C27H22ClN3O/c1-18-7-12-24(13-19(18)2)30-27(32)21(15-29)14-22-17-31(26-6-4-3-5-25(22)26)16-20-8-10-23(28)11-9-20/h3-14,17H,16H2,1-2H3,(H,30,32)/b21-14+. The van der Waals surface area contributed by atoms with E-state index in [4.69, 9.17) is 11.6 Å². The Labute approximate surface area is 192 Å². The predicted octanol–water partition coefficient (Wildman–Crippen LogP) is 6.51. The first-order valence-corrected chi connectivity index (χ1v) is 10.6. The van der Waals surface area contributed by atoms with E-state index in [0.29, 0.717) is 17.3 Å². The molecule has 5 heteroatoms. The molecule has 4 aromatic rings. The van der Waals surface area contributed by atoms with Crippen LogP contribution in [0, 0.1) is 25.2 Å². The Morgan fingerprint density at radius 2 is 1.81 bits per heavy atom. The average Bonchev–Trinajstić information content (AvgIpc) is 3.13. The molecule has 0 aliphatic rings. The smallest absolute Gasteiger partial charge is 0.266 e. The van der Waals surface area contributed by atoms with Crippen LogP contribution in [0.25, 0.3) is 17.0 Å². The maximum Gasteiger partial charge on any atom is 0.266 e. The van der Waals surface area contributed by atoms with Crippen molar-refractivity contribution in [1.82, 2.24) is 4.57 Å². The third-order valence-corrected chi connectivity index (χ3v) is 5.77. The second-order valence-corrected chi connectivity index (χ2v) is 8.22. The summed E-state index contributed by atoms with van der Waals surface area (Å²) in [6.45, 7) is 4.66. The summed E-state index contributed by atoms with van der Waals surface area (Å²) in [6.07, 6.45) is 3.62. The highest BCUT2D eigenvalue weighted by Crippen LogP contribution is 2.25. The molecule has 1 heterocycles. The molecule has 0 aliphatic carbocycles. The first kappa shape index (κ1) is 21.4. The fourth-order valence-corrected chi connectivity index (χ4v) is 3.76. The molecule has 0 radical (unpaired) electrons. The minimum Gasteiger partial charge on any atom is -0.342 e. The summed E-state index contributed by atoms with van der Waals surface area (Å²) in [4.78, 5) is 12.8. The lowest BCUT2D eigenvalue weighted by Crippen LogP contribution is -2.13. The van der Waals surface area contributed by atoms with E-state index in [1.165, 1.54) is 0 Å². The van der Waals surface area contributed by atoms with Crippen LogP contribution in [0.3, 0.4) is 0 Å². The molecule has 1 amide bonds. The molecule has 0 atom stereocenters. The van der Waals surface area contributed by atoms with Gasteiger partial charge in [-0.3, -0.25) is 4.79 Å². The number of para-hydroxylation sites is 1. The summed E-state index contributed by atoms with van der Waals surface area (Å²) in [5.41, 5.74) is 5.91. The minimum absolute atomic E-state index is 0.0534. The van der Waals surface area contributed by atoms with E-state index in [1.54, 1.807) is 6.08 Å². The van der Waals surface area contributed by atoms with Gasteiger partial charge in [-0.15, -0.1) is 0 Å². The molecular formula is C27H22ClN3O. The quantitative estimate of drug-likeness (QED) is 0.285. The van der Waals surface area contributed by atoms with Crippen molar-refractivity contribution in [2.24, 2.45) is 0 Å². The van der Waals surface area contributed by atoms with Crippen LogP contribution in [0.15, 0.2) is 78.5 Å². The van der Waals surface area contributed by atoms with Gasteiger partial charge in [0.15, 0.2) is 0 Å². The van der Waals surface area contributed by atoms with E-state index >= 15 is 0 Å². The first-order valence-electron chi connectivity index (χ1n) is 10.3. The van der Waals surface area contributed by atoms with E-state index < -0.39 is 5.91 Å². The Balaban J connectivity index is 1.66. The number of amides is 1. The summed E-state index contributed by atoms with van der Waals surface area (Å²) in [6, 6.07) is 23.4. The van der Waals surface area contributed by atoms with Crippen molar-refractivity contribution in [3.05, 3.63) is 106 Å². The van der Waals surface area contributed by atoms with Crippen molar-refractivity contribution >= 4 is 40.2 Å². The van der Waals surface area contributed by atoms with Gasteiger partial charge in [0.25, 0.3) is 5.91 Å². The van der Waals surface area contributed by atoms with Gasteiger partial charge in [0.2, 0.25) is 0 Å². The van der Waals surface area contributed by atoms with Crippen molar-refractivity contribution < 1.29 is 4.79 Å². The maximum absolute atomic E-state index is 12.8. The number of hydrogen-bond acceptors (Lipinski definition) is 2. The lowest BCUT2D eigenvalue weighted by molar-refractivity contribution is -0.112. The normalized spacial score (nSPS) is 11.4. The zero-order chi connectivity index (χ0) is 22.7. The number of nitrogens with zero attached hydrogens (tertiary/aromatic N) is 2. The van der Waals surface area contributed by atoms with Crippen molar-refractivity contribution in [3.8, 4) is 6.07 Å². The van der Waals surface area contributed by atoms with Crippen LogP contribution in [0.4, 0.5) is 5.69 Å². The van der Waals surface area contributed by atoms with Gasteiger partial charge in [-0.2, -0.15) is 5.26 Å². The fourth-order valence-electron chi connectivity index (χ4n) is 3.63. The fraction of sp³-hybridized carbons (Fsp3) is 0.111. The maximum atomic E-state index is 12.8. The number of carbonyl (C=O) groups excluding carboxylic acids is 1. The van der Waals surface area contributed by atoms with Crippen molar-refractivity contribution in [2.45, 2.75) is 20.4 Å². The number of benzene rings is 3. The predicted molar refractivity (Wildman–Crippen MR) is 131 cm³/mol. The molecule has 3 aromatic carbocycles. The van der Waals surface area contributed by atoms with E-state index in [0.717, 1.165) is 33.2 Å². The second kappa shape index (κ2) is 9.13. The van der Waals surface area contributed by atoms with Crippen molar-refractivity contribution in [2.75, 3.05) is 5.32 Å². The molecule has 0 saturated carbocycles. The summed E-state index contributed by atoms with van der Waals surface area (Å²) < 4.78 is 2.11. The highest BCUT2D eigenvalue weighted by Gasteiger charge is 2.13. The zero-order valence-electron chi connectivity index (χ0n) is 17.9. The number of nitrogens with one attached hydrogen (secondary N) is 1. The van der Waals surface area contributed by atoms with Crippen molar-refractivity contribution in [1.29, 1.82) is 5.26 Å². The summed E-state index contributed by atoms with van der Waals surface area (Å²) >= 11 is 6.01. The van der Waals surface area contributed by atoms with Crippen LogP contribution in [0.5, 0.6) is 0 Å².